The van der Waals surface area contributed by atoms with Crippen LogP contribution in [0.25, 0.3) is 0 Å². The van der Waals surface area contributed by atoms with Gasteiger partial charge in [0.15, 0.2) is 0 Å². The van der Waals surface area contributed by atoms with Gasteiger partial charge in [0.05, 0.1) is 23.6 Å². The Hall–Kier alpha value is -2.79. The van der Waals surface area contributed by atoms with E-state index in [1.807, 2.05) is 43.3 Å². The summed E-state index contributed by atoms with van der Waals surface area (Å²) in [6.07, 6.45) is 4.45. The monoisotopic (exact) mass is 628 g/mol. The predicted molar refractivity (Wildman–Crippen MR) is 180 cm³/mol. The van der Waals surface area contributed by atoms with Crippen LogP contribution in [0.1, 0.15) is 65.7 Å². The minimum absolute atomic E-state index is 0. The summed E-state index contributed by atoms with van der Waals surface area (Å²) < 4.78 is 23.1. The zero-order valence-corrected chi connectivity index (χ0v) is 26.4. The van der Waals surface area contributed by atoms with Gasteiger partial charge in [-0.2, -0.15) is 0 Å². The van der Waals surface area contributed by atoms with Crippen LogP contribution in [0.2, 0.25) is 0 Å². The Labute approximate surface area is 263 Å². The van der Waals surface area contributed by atoms with Gasteiger partial charge in [0.25, 0.3) is 5.91 Å². The van der Waals surface area contributed by atoms with E-state index < -0.39 is 22.9 Å². The van der Waals surface area contributed by atoms with E-state index in [1.54, 1.807) is 16.4 Å². The number of nitrogens with zero attached hydrogens (tertiary/aromatic N) is 1. The largest absolute Gasteiger partial charge is 0.390 e. The molecule has 10 heteroatoms. The third-order valence-electron chi connectivity index (χ3n) is 8.25. The van der Waals surface area contributed by atoms with E-state index in [0.717, 1.165) is 43.4 Å². The molecule has 234 valence electrons. The lowest BCUT2D eigenvalue weighted by Gasteiger charge is -2.47. The number of amides is 1. The fourth-order valence-electron chi connectivity index (χ4n) is 6.07. The highest BCUT2D eigenvalue weighted by Gasteiger charge is 2.29. The first kappa shape index (κ1) is 33.1. The molecule has 1 unspecified atom stereocenters. The van der Waals surface area contributed by atoms with Crippen LogP contribution >= 0.6 is 23.2 Å². The average Bonchev–Trinajstić information content (AvgIpc) is 2.99. The van der Waals surface area contributed by atoms with Crippen molar-refractivity contribution in [3.05, 3.63) is 95.1 Å². The first-order valence-electron chi connectivity index (χ1n) is 15.1. The molecule has 43 heavy (non-hydrogen) atoms. The molecule has 0 bridgehead atoms. The lowest BCUT2D eigenvalue weighted by Crippen LogP contribution is -2.49. The van der Waals surface area contributed by atoms with Crippen molar-refractivity contribution in [2.45, 2.75) is 63.6 Å². The Bertz CT molecular complexity index is 1350. The zero-order valence-electron chi connectivity index (χ0n) is 24.7. The molecule has 3 aromatic rings. The molecule has 5 rings (SSSR count). The van der Waals surface area contributed by atoms with Gasteiger partial charge in [0.1, 0.15) is 0 Å². The number of rotatable bonds is 11. The molecule has 0 aromatic heterocycles. The lowest BCUT2D eigenvalue weighted by atomic mass is 9.87. The first-order valence-corrected chi connectivity index (χ1v) is 16.8. The molecule has 1 aliphatic heterocycles. The van der Waals surface area contributed by atoms with E-state index in [9.17, 15) is 19.0 Å². The Morgan fingerprint density at radius 1 is 1.02 bits per heavy atom. The highest BCUT2D eigenvalue weighted by Crippen LogP contribution is 2.50. The number of hydrogen-bond donors (Lipinski definition) is 6. The smallest absolute Gasteiger partial charge is 0.251 e. The number of aryl methyl sites for hydroxylation is 1. The number of anilines is 2. The first-order chi connectivity index (χ1) is 20.3. The highest BCUT2D eigenvalue weighted by molar-refractivity contribution is 8.25. The summed E-state index contributed by atoms with van der Waals surface area (Å²) >= 11 is 0. The van der Waals surface area contributed by atoms with E-state index >= 15 is 0 Å². The van der Waals surface area contributed by atoms with E-state index in [0.29, 0.717) is 43.1 Å². The number of carbonyl (C=O) groups is 1. The second kappa shape index (κ2) is 15.3. The summed E-state index contributed by atoms with van der Waals surface area (Å²) in [6, 6.07) is 23.3. The van der Waals surface area contributed by atoms with Gasteiger partial charge in [-0.1, -0.05) is 54.6 Å². The Morgan fingerprint density at radius 3 is 2.56 bits per heavy atom. The molecular formula is C33H45ClN4O4S. The van der Waals surface area contributed by atoms with Crippen molar-refractivity contribution in [3.8, 4) is 0 Å². The minimum Gasteiger partial charge on any atom is -0.390 e. The fraction of sp³-hybridized carbons (Fsp3) is 0.424. The van der Waals surface area contributed by atoms with Gasteiger partial charge in [-0.25, -0.2) is 0 Å². The van der Waals surface area contributed by atoms with Crippen molar-refractivity contribution in [2.24, 2.45) is 0 Å². The average molecular weight is 629 g/mol. The molecular weight excluding hydrogens is 584 g/mol. The van der Waals surface area contributed by atoms with Crippen LogP contribution < -0.4 is 20.3 Å². The van der Waals surface area contributed by atoms with Crippen molar-refractivity contribution < 1.29 is 19.0 Å². The second-order valence-electron chi connectivity index (χ2n) is 11.3. The van der Waals surface area contributed by atoms with Crippen LogP contribution in [-0.4, -0.2) is 57.7 Å². The summed E-state index contributed by atoms with van der Waals surface area (Å²) in [5, 5.41) is 21.4. The van der Waals surface area contributed by atoms with Gasteiger partial charge in [-0.15, -0.1) is 23.2 Å². The number of fused-ring (bicyclic) bond motifs is 1. The minimum atomic E-state index is -2.94. The zero-order chi connectivity index (χ0) is 29.5. The molecule has 8 nitrogen and oxygen atoms in total. The molecule has 2 aliphatic rings. The van der Waals surface area contributed by atoms with E-state index in [-0.39, 0.29) is 24.4 Å². The van der Waals surface area contributed by atoms with E-state index in [1.165, 1.54) is 11.1 Å². The third kappa shape index (κ3) is 8.44. The molecule has 0 radical (unpaired) electrons. The van der Waals surface area contributed by atoms with E-state index in [4.69, 9.17) is 0 Å². The molecule has 1 aliphatic carbocycles. The standard InChI is InChI=1S/C33H44N4O4S.ClH/c1-2-34-27-20-26(21-28(22-27)37-17-8-9-18-42(37,40)41)33(39)36-31(19-24-11-4-3-5-12-24)32(38)23-35-30-16-10-14-25-13-6-7-15-29(25)30;/h3-7,11-13,15,20-22,30-32,34-35,38,40-41H,2,8-10,14,16-19,23H2,1H3,(H,36,39);1H/t30?,31-,32-;/m0./s1. The molecule has 1 fully saturated rings. The SMILES string of the molecule is CCNc1cc(C(=O)N[C@@H](Cc2ccccc2)[C@@H](O)CNC2CCCc3ccccc32)cc(N2CCCCS2(O)O)c1.Cl. The maximum atomic E-state index is 13.8. The predicted octanol–water partition coefficient (Wildman–Crippen LogP) is 6.18. The molecule has 6 N–H and O–H groups in total. The van der Waals surface area contributed by atoms with Gasteiger partial charge in [-0.05, 0) is 80.3 Å². The number of carbonyl (C=O) groups excluding carboxylic acids is 1. The van der Waals surface area contributed by atoms with Crippen molar-refractivity contribution in [1.82, 2.24) is 10.6 Å². The Morgan fingerprint density at radius 2 is 1.79 bits per heavy atom. The molecule has 0 saturated carbocycles. The fourth-order valence-corrected chi connectivity index (χ4v) is 7.75. The van der Waals surface area contributed by atoms with Crippen LogP contribution in [0, 0.1) is 0 Å². The summed E-state index contributed by atoms with van der Waals surface area (Å²) in [5.41, 5.74) is 5.41. The number of nitrogens with one attached hydrogen (secondary N) is 3. The number of benzene rings is 3. The van der Waals surface area contributed by atoms with Gasteiger partial charge in [-0.3, -0.25) is 18.2 Å². The van der Waals surface area contributed by atoms with Crippen LogP contribution in [0.15, 0.2) is 72.8 Å². The Kier molecular flexibility index (Phi) is 11.8. The summed E-state index contributed by atoms with van der Waals surface area (Å²) in [5.74, 6) is 0.0107. The van der Waals surface area contributed by atoms with Crippen LogP contribution in [-0.2, 0) is 12.8 Å². The van der Waals surface area contributed by atoms with Crippen LogP contribution in [0.3, 0.4) is 0 Å². The number of hydrogen-bond acceptors (Lipinski definition) is 7. The number of halogens is 1. The maximum absolute atomic E-state index is 13.8. The van der Waals surface area contributed by atoms with Crippen molar-refractivity contribution in [3.63, 3.8) is 0 Å². The van der Waals surface area contributed by atoms with Crippen molar-refractivity contribution in [2.75, 3.05) is 35.0 Å². The quantitative estimate of drug-likeness (QED) is 0.150. The van der Waals surface area contributed by atoms with Gasteiger partial charge in [0.2, 0.25) is 0 Å². The summed E-state index contributed by atoms with van der Waals surface area (Å²) in [7, 11) is -2.94. The summed E-state index contributed by atoms with van der Waals surface area (Å²) in [4.78, 5) is 13.8. The Balaban J connectivity index is 0.00000423. The maximum Gasteiger partial charge on any atom is 0.251 e. The van der Waals surface area contributed by atoms with E-state index in [2.05, 4.69) is 40.2 Å². The molecule has 1 heterocycles. The normalized spacial score (nSPS) is 19.7. The van der Waals surface area contributed by atoms with Gasteiger partial charge in [0, 0.05) is 36.9 Å². The van der Waals surface area contributed by atoms with Crippen LogP contribution in [0.5, 0.6) is 0 Å². The molecule has 3 atom stereocenters. The third-order valence-corrected chi connectivity index (χ3v) is 10.2. The number of aliphatic hydroxyl groups excluding tert-OH is 1. The van der Waals surface area contributed by atoms with Gasteiger partial charge < -0.3 is 21.1 Å². The molecule has 1 saturated heterocycles. The number of aliphatic hydroxyl groups is 1. The highest BCUT2D eigenvalue weighted by atomic mass is 35.5. The second-order valence-corrected chi connectivity index (χ2v) is 13.4. The molecule has 0 spiro atoms. The van der Waals surface area contributed by atoms with Crippen molar-refractivity contribution >= 4 is 40.5 Å². The van der Waals surface area contributed by atoms with Gasteiger partial charge >= 0.3 is 0 Å². The van der Waals surface area contributed by atoms with Crippen molar-refractivity contribution in [1.29, 1.82) is 0 Å². The topological polar surface area (TPSA) is 117 Å². The molecule has 3 aromatic carbocycles. The lowest BCUT2D eigenvalue weighted by molar-refractivity contribution is 0.0823. The summed E-state index contributed by atoms with van der Waals surface area (Å²) in [6.45, 7) is 3.50. The van der Waals surface area contributed by atoms with Crippen LogP contribution in [0.4, 0.5) is 11.4 Å². The molecule has 1 amide bonds.